The standard InChI is InChI=1S/C28H30N4O4/c1-2-36-27(35)22(32-24-23(33)25(34)28(24)12-4-3-5-13-28)16-18-6-8-20(9-7-18)31-26-21-17-29-14-10-19(21)11-15-30-26/h6-11,14-15,17,22,24,32H,2-5,12-13,16H2,1H3,(H,30,31). The van der Waals surface area contributed by atoms with Crippen LogP contribution >= 0.6 is 0 Å². The van der Waals surface area contributed by atoms with Gasteiger partial charge in [-0.3, -0.25) is 24.7 Å². The summed E-state index contributed by atoms with van der Waals surface area (Å²) in [7, 11) is 0. The van der Waals surface area contributed by atoms with Crippen molar-refractivity contribution in [3.8, 4) is 0 Å². The van der Waals surface area contributed by atoms with Gasteiger partial charge >= 0.3 is 5.97 Å². The van der Waals surface area contributed by atoms with Gasteiger partial charge in [0, 0.05) is 29.7 Å². The maximum absolute atomic E-state index is 12.8. The molecule has 2 fully saturated rings. The quantitative estimate of drug-likeness (QED) is 0.364. The third-order valence-corrected chi connectivity index (χ3v) is 7.40. The lowest BCUT2D eigenvalue weighted by Crippen LogP contribution is -2.71. The highest BCUT2D eigenvalue weighted by atomic mass is 16.5. The molecule has 1 aromatic carbocycles. The number of Topliss-reactive ketones (excluding diaryl/α,β-unsaturated/α-hetero) is 2. The zero-order chi connectivity index (χ0) is 25.1. The number of esters is 1. The van der Waals surface area contributed by atoms with Crippen molar-refractivity contribution in [2.24, 2.45) is 5.41 Å². The fourth-order valence-corrected chi connectivity index (χ4v) is 5.47. The van der Waals surface area contributed by atoms with Crippen LogP contribution in [0.5, 0.6) is 0 Å². The molecule has 186 valence electrons. The van der Waals surface area contributed by atoms with Gasteiger partial charge in [0.25, 0.3) is 0 Å². The van der Waals surface area contributed by atoms with Gasteiger partial charge < -0.3 is 10.1 Å². The molecule has 0 aliphatic heterocycles. The van der Waals surface area contributed by atoms with Crippen LogP contribution in [0.4, 0.5) is 11.5 Å². The lowest BCUT2D eigenvalue weighted by atomic mass is 9.55. The highest BCUT2D eigenvalue weighted by molar-refractivity contribution is 6.49. The number of ketones is 2. The smallest absolute Gasteiger partial charge is 0.323 e. The minimum absolute atomic E-state index is 0.245. The molecule has 1 spiro atoms. The third kappa shape index (κ3) is 4.48. The van der Waals surface area contributed by atoms with Crippen LogP contribution in [-0.2, 0) is 25.5 Å². The van der Waals surface area contributed by atoms with Gasteiger partial charge in [-0.25, -0.2) is 4.98 Å². The zero-order valence-corrected chi connectivity index (χ0v) is 20.3. The number of carbonyl (C=O) groups excluding carboxylic acids is 3. The van der Waals surface area contributed by atoms with Gasteiger partial charge in [0.2, 0.25) is 11.6 Å². The van der Waals surface area contributed by atoms with Crippen LogP contribution in [0, 0.1) is 5.41 Å². The van der Waals surface area contributed by atoms with Crippen LogP contribution in [0.25, 0.3) is 10.8 Å². The van der Waals surface area contributed by atoms with Crippen molar-refractivity contribution in [1.29, 1.82) is 0 Å². The number of pyridine rings is 2. The maximum atomic E-state index is 12.8. The fraction of sp³-hybridized carbons (Fsp3) is 0.393. The SMILES string of the molecule is CCOC(=O)C(Cc1ccc(Nc2nccc3ccncc23)cc1)NC1C(=O)C(=O)C12CCCCC2. The molecular formula is C28H30N4O4. The second-order valence-corrected chi connectivity index (χ2v) is 9.60. The Morgan fingerprint density at radius 3 is 2.58 bits per heavy atom. The van der Waals surface area contributed by atoms with Gasteiger partial charge in [-0.1, -0.05) is 31.4 Å². The van der Waals surface area contributed by atoms with Crippen molar-refractivity contribution in [2.75, 3.05) is 11.9 Å². The molecule has 2 atom stereocenters. The van der Waals surface area contributed by atoms with E-state index in [-0.39, 0.29) is 12.4 Å². The molecule has 0 saturated heterocycles. The highest BCUT2D eigenvalue weighted by Crippen LogP contribution is 2.47. The van der Waals surface area contributed by atoms with Crippen LogP contribution in [0.1, 0.15) is 44.6 Å². The Balaban J connectivity index is 1.31. The monoisotopic (exact) mass is 486 g/mol. The normalized spacial score (nSPS) is 19.6. The van der Waals surface area contributed by atoms with E-state index in [0.717, 1.165) is 41.3 Å². The van der Waals surface area contributed by atoms with E-state index in [1.54, 1.807) is 25.5 Å². The number of aromatic nitrogens is 2. The maximum Gasteiger partial charge on any atom is 0.323 e. The second kappa shape index (κ2) is 10.1. The molecule has 5 rings (SSSR count). The Kier molecular flexibility index (Phi) is 6.78. The van der Waals surface area contributed by atoms with Crippen LogP contribution < -0.4 is 10.6 Å². The van der Waals surface area contributed by atoms with Gasteiger partial charge in [-0.05, 0) is 61.4 Å². The van der Waals surface area contributed by atoms with E-state index in [0.29, 0.717) is 25.1 Å². The molecule has 2 aromatic heterocycles. The van der Waals surface area contributed by atoms with Gasteiger partial charge in [0.05, 0.1) is 18.1 Å². The molecule has 8 heteroatoms. The number of nitrogens with one attached hydrogen (secondary N) is 2. The molecule has 2 unspecified atom stereocenters. The van der Waals surface area contributed by atoms with Crippen molar-refractivity contribution in [1.82, 2.24) is 15.3 Å². The Morgan fingerprint density at radius 2 is 1.83 bits per heavy atom. The van der Waals surface area contributed by atoms with Gasteiger partial charge in [-0.2, -0.15) is 0 Å². The van der Waals surface area contributed by atoms with Gasteiger partial charge in [-0.15, -0.1) is 0 Å². The fourth-order valence-electron chi connectivity index (χ4n) is 5.47. The van der Waals surface area contributed by atoms with Crippen LogP contribution in [0.15, 0.2) is 55.0 Å². The number of hydrogen-bond donors (Lipinski definition) is 2. The molecule has 0 radical (unpaired) electrons. The van der Waals surface area contributed by atoms with Crippen molar-refractivity contribution >= 4 is 39.8 Å². The van der Waals surface area contributed by atoms with E-state index in [1.165, 1.54) is 0 Å². The first-order valence-corrected chi connectivity index (χ1v) is 12.6. The summed E-state index contributed by atoms with van der Waals surface area (Å²) in [4.78, 5) is 46.5. The van der Waals surface area contributed by atoms with Gasteiger partial charge in [0.1, 0.15) is 11.9 Å². The van der Waals surface area contributed by atoms with Crippen molar-refractivity contribution in [3.05, 3.63) is 60.6 Å². The summed E-state index contributed by atoms with van der Waals surface area (Å²) < 4.78 is 5.30. The van der Waals surface area contributed by atoms with Crippen LogP contribution in [0.3, 0.4) is 0 Å². The zero-order valence-electron chi connectivity index (χ0n) is 20.3. The van der Waals surface area contributed by atoms with E-state index in [4.69, 9.17) is 4.74 Å². The summed E-state index contributed by atoms with van der Waals surface area (Å²) in [5.41, 5.74) is 1.10. The molecule has 0 amide bonds. The number of rotatable bonds is 8. The summed E-state index contributed by atoms with van der Waals surface area (Å²) in [5, 5.41) is 8.52. The topological polar surface area (TPSA) is 110 Å². The first-order chi connectivity index (χ1) is 17.5. The van der Waals surface area contributed by atoms with E-state index >= 15 is 0 Å². The molecule has 0 bridgehead atoms. The molecule has 8 nitrogen and oxygen atoms in total. The molecule has 3 aromatic rings. The van der Waals surface area contributed by atoms with E-state index in [1.807, 2.05) is 36.4 Å². The molecule has 2 heterocycles. The average molecular weight is 487 g/mol. The summed E-state index contributed by atoms with van der Waals surface area (Å²) in [5.74, 6) is -0.395. The lowest BCUT2D eigenvalue weighted by molar-refractivity contribution is -0.162. The lowest BCUT2D eigenvalue weighted by Gasteiger charge is -2.49. The summed E-state index contributed by atoms with van der Waals surface area (Å²) >= 11 is 0. The Labute approximate surface area is 209 Å². The molecule has 2 aliphatic carbocycles. The Bertz CT molecular complexity index is 1280. The Hall–Kier alpha value is -3.65. The van der Waals surface area contributed by atoms with E-state index in [2.05, 4.69) is 20.6 Å². The van der Waals surface area contributed by atoms with Gasteiger partial charge in [0.15, 0.2) is 0 Å². The first-order valence-electron chi connectivity index (χ1n) is 12.6. The van der Waals surface area contributed by atoms with Crippen molar-refractivity contribution < 1.29 is 19.1 Å². The van der Waals surface area contributed by atoms with E-state index in [9.17, 15) is 14.4 Å². The third-order valence-electron chi connectivity index (χ3n) is 7.40. The minimum atomic E-state index is -0.713. The molecular weight excluding hydrogens is 456 g/mol. The number of hydrogen-bond acceptors (Lipinski definition) is 8. The number of nitrogens with zero attached hydrogens (tertiary/aromatic N) is 2. The van der Waals surface area contributed by atoms with Crippen molar-refractivity contribution in [2.45, 2.75) is 57.5 Å². The number of benzene rings is 1. The van der Waals surface area contributed by atoms with Crippen LogP contribution in [-0.4, -0.2) is 46.2 Å². The molecule has 36 heavy (non-hydrogen) atoms. The predicted molar refractivity (Wildman–Crippen MR) is 136 cm³/mol. The predicted octanol–water partition coefficient (Wildman–Crippen LogP) is 3.91. The number of anilines is 2. The Morgan fingerprint density at radius 1 is 1.08 bits per heavy atom. The molecule has 2 aliphatic rings. The largest absolute Gasteiger partial charge is 0.465 e. The second-order valence-electron chi connectivity index (χ2n) is 9.60. The van der Waals surface area contributed by atoms with Crippen LogP contribution in [0.2, 0.25) is 0 Å². The number of fused-ring (bicyclic) bond motifs is 1. The molecule has 2 saturated carbocycles. The summed E-state index contributed by atoms with van der Waals surface area (Å²) in [6.07, 6.45) is 9.95. The summed E-state index contributed by atoms with van der Waals surface area (Å²) in [6.45, 7) is 2.00. The first kappa shape index (κ1) is 24.1. The minimum Gasteiger partial charge on any atom is -0.465 e. The summed E-state index contributed by atoms with van der Waals surface area (Å²) in [6, 6.07) is 10.3. The van der Waals surface area contributed by atoms with Crippen molar-refractivity contribution in [3.63, 3.8) is 0 Å². The van der Waals surface area contributed by atoms with E-state index < -0.39 is 29.3 Å². The molecule has 2 N–H and O–H groups in total. The number of carbonyl (C=O) groups is 3. The average Bonchev–Trinajstić information content (AvgIpc) is 2.92. The highest BCUT2D eigenvalue weighted by Gasteiger charge is 2.62. The number of ether oxygens (including phenoxy) is 1.